The zero-order valence-electron chi connectivity index (χ0n) is 11.8. The summed E-state index contributed by atoms with van der Waals surface area (Å²) in [4.78, 5) is 16.8. The number of carbonyl (C=O) groups excluding carboxylic acids is 1. The molecule has 0 saturated carbocycles. The molecular weight excluding hydrogens is 260 g/mol. The molecule has 3 nitrogen and oxygen atoms in total. The Kier molecular flexibility index (Phi) is 4.29. The molecule has 0 radical (unpaired) electrons. The summed E-state index contributed by atoms with van der Waals surface area (Å²) in [7, 11) is 2.13. The van der Waals surface area contributed by atoms with E-state index in [1.54, 1.807) is 12.1 Å². The summed E-state index contributed by atoms with van der Waals surface area (Å²) in [6.07, 6.45) is 0. The average Bonchev–Trinajstić information content (AvgIpc) is 2.34. The van der Waals surface area contributed by atoms with Crippen LogP contribution in [-0.2, 0) is 0 Å². The highest BCUT2D eigenvalue weighted by Crippen LogP contribution is 2.20. The first-order valence-corrected chi connectivity index (χ1v) is 6.99. The molecule has 1 aromatic rings. The molecule has 1 heterocycles. The second-order valence-corrected chi connectivity index (χ2v) is 6.25. The molecule has 1 aliphatic heterocycles. The summed E-state index contributed by atoms with van der Waals surface area (Å²) >= 11 is 6.07. The van der Waals surface area contributed by atoms with Gasteiger partial charge in [-0.15, -0.1) is 0 Å². The van der Waals surface area contributed by atoms with E-state index in [-0.39, 0.29) is 11.3 Å². The first kappa shape index (κ1) is 14.5. The van der Waals surface area contributed by atoms with Crippen molar-refractivity contribution in [3.8, 4) is 0 Å². The molecule has 0 amide bonds. The topological polar surface area (TPSA) is 23.6 Å². The quantitative estimate of drug-likeness (QED) is 0.795. The Bertz CT molecular complexity index is 473. The van der Waals surface area contributed by atoms with Gasteiger partial charge in [-0.1, -0.05) is 23.7 Å². The third-order valence-electron chi connectivity index (χ3n) is 3.94. The van der Waals surface area contributed by atoms with Gasteiger partial charge >= 0.3 is 0 Å². The molecule has 2 rings (SSSR count). The molecule has 0 unspecified atom stereocenters. The molecule has 0 aliphatic carbocycles. The van der Waals surface area contributed by atoms with Crippen LogP contribution in [0.1, 0.15) is 24.2 Å². The van der Waals surface area contributed by atoms with Crippen molar-refractivity contribution in [3.05, 3.63) is 34.9 Å². The minimum atomic E-state index is 0.103. The third-order valence-corrected chi connectivity index (χ3v) is 4.27. The van der Waals surface area contributed by atoms with Crippen LogP contribution in [0.5, 0.6) is 0 Å². The average molecular weight is 281 g/mol. The molecule has 1 aliphatic rings. The molecule has 4 heteroatoms. The van der Waals surface area contributed by atoms with Gasteiger partial charge in [0.1, 0.15) is 0 Å². The van der Waals surface area contributed by atoms with Crippen molar-refractivity contribution in [2.24, 2.45) is 0 Å². The molecule has 1 saturated heterocycles. The highest BCUT2D eigenvalue weighted by Gasteiger charge is 2.31. The second-order valence-electron chi connectivity index (χ2n) is 5.85. The van der Waals surface area contributed by atoms with Crippen LogP contribution in [0.2, 0.25) is 5.02 Å². The number of carbonyl (C=O) groups is 1. The fourth-order valence-corrected chi connectivity index (χ4v) is 2.69. The van der Waals surface area contributed by atoms with E-state index in [4.69, 9.17) is 11.6 Å². The van der Waals surface area contributed by atoms with E-state index in [1.807, 2.05) is 12.1 Å². The number of hydrogen-bond donors (Lipinski definition) is 0. The van der Waals surface area contributed by atoms with E-state index >= 15 is 0 Å². The lowest BCUT2D eigenvalue weighted by Gasteiger charge is -2.45. The minimum Gasteiger partial charge on any atom is -0.299 e. The van der Waals surface area contributed by atoms with Crippen molar-refractivity contribution in [2.75, 3.05) is 33.2 Å². The number of likely N-dealkylation sites (N-methyl/N-ethyl adjacent to an activating group) is 1. The van der Waals surface area contributed by atoms with E-state index in [9.17, 15) is 4.79 Å². The normalized spacial score (nSPS) is 20.4. The van der Waals surface area contributed by atoms with Gasteiger partial charge in [0.25, 0.3) is 0 Å². The Morgan fingerprint density at radius 3 is 2.63 bits per heavy atom. The van der Waals surface area contributed by atoms with Crippen molar-refractivity contribution in [2.45, 2.75) is 19.4 Å². The van der Waals surface area contributed by atoms with Gasteiger partial charge < -0.3 is 0 Å². The minimum absolute atomic E-state index is 0.103. The van der Waals surface area contributed by atoms with Gasteiger partial charge in [0.05, 0.1) is 11.6 Å². The molecule has 104 valence electrons. The smallest absolute Gasteiger partial charge is 0.178 e. The summed E-state index contributed by atoms with van der Waals surface area (Å²) in [6, 6.07) is 7.26. The monoisotopic (exact) mass is 280 g/mol. The lowest BCUT2D eigenvalue weighted by Crippen LogP contribution is -2.58. The number of hydrogen-bond acceptors (Lipinski definition) is 3. The van der Waals surface area contributed by atoms with E-state index in [0.29, 0.717) is 17.1 Å². The standard InChI is InChI=1S/C15H21ClN2O/c1-15(2)11-18(9-8-17(15)3)10-14(19)12-6-4-5-7-13(12)16/h4-7H,8-11H2,1-3H3. The van der Waals surface area contributed by atoms with Crippen LogP contribution in [0.4, 0.5) is 0 Å². The van der Waals surface area contributed by atoms with Gasteiger partial charge in [-0.3, -0.25) is 14.6 Å². The Balaban J connectivity index is 2.03. The molecule has 0 N–H and O–H groups in total. The number of benzene rings is 1. The van der Waals surface area contributed by atoms with Gasteiger partial charge in [0.15, 0.2) is 5.78 Å². The van der Waals surface area contributed by atoms with E-state index in [2.05, 4.69) is 30.7 Å². The SMILES string of the molecule is CN1CCN(CC(=O)c2ccccc2Cl)CC1(C)C. The fraction of sp³-hybridized carbons (Fsp3) is 0.533. The van der Waals surface area contributed by atoms with Gasteiger partial charge in [0.2, 0.25) is 0 Å². The summed E-state index contributed by atoms with van der Waals surface area (Å²) in [5.41, 5.74) is 0.736. The Morgan fingerprint density at radius 1 is 1.32 bits per heavy atom. The van der Waals surface area contributed by atoms with Crippen LogP contribution in [-0.4, -0.2) is 54.3 Å². The lowest BCUT2D eigenvalue weighted by atomic mass is 9.99. The zero-order valence-corrected chi connectivity index (χ0v) is 12.6. The zero-order chi connectivity index (χ0) is 14.0. The van der Waals surface area contributed by atoms with Crippen molar-refractivity contribution in [1.29, 1.82) is 0 Å². The van der Waals surface area contributed by atoms with Crippen LogP contribution in [0.15, 0.2) is 24.3 Å². The molecule has 0 atom stereocenters. The number of Topliss-reactive ketones (excluding diaryl/α,β-unsaturated/α-hetero) is 1. The Hall–Kier alpha value is -0.900. The Labute approximate surface area is 120 Å². The van der Waals surface area contributed by atoms with Crippen molar-refractivity contribution >= 4 is 17.4 Å². The number of piperazine rings is 1. The van der Waals surface area contributed by atoms with Crippen molar-refractivity contribution in [3.63, 3.8) is 0 Å². The van der Waals surface area contributed by atoms with E-state index < -0.39 is 0 Å². The van der Waals surface area contributed by atoms with Crippen LogP contribution in [0.25, 0.3) is 0 Å². The Morgan fingerprint density at radius 2 is 2.00 bits per heavy atom. The molecule has 19 heavy (non-hydrogen) atoms. The number of nitrogens with zero attached hydrogens (tertiary/aromatic N) is 2. The maximum atomic E-state index is 12.3. The van der Waals surface area contributed by atoms with Gasteiger partial charge in [-0.2, -0.15) is 0 Å². The number of rotatable bonds is 3. The largest absolute Gasteiger partial charge is 0.299 e. The molecule has 0 aromatic heterocycles. The molecule has 0 bridgehead atoms. The number of ketones is 1. The fourth-order valence-electron chi connectivity index (χ4n) is 2.45. The summed E-state index contributed by atoms with van der Waals surface area (Å²) in [5.74, 6) is 0.103. The van der Waals surface area contributed by atoms with E-state index in [0.717, 1.165) is 19.6 Å². The van der Waals surface area contributed by atoms with Crippen molar-refractivity contribution in [1.82, 2.24) is 9.80 Å². The van der Waals surface area contributed by atoms with Crippen LogP contribution in [0, 0.1) is 0 Å². The maximum absolute atomic E-state index is 12.3. The van der Waals surface area contributed by atoms with Gasteiger partial charge in [-0.05, 0) is 33.0 Å². The first-order chi connectivity index (χ1) is 8.90. The van der Waals surface area contributed by atoms with Crippen LogP contribution < -0.4 is 0 Å². The molecule has 1 fully saturated rings. The van der Waals surface area contributed by atoms with Crippen LogP contribution >= 0.6 is 11.6 Å². The lowest BCUT2D eigenvalue weighted by molar-refractivity contribution is 0.0390. The second kappa shape index (κ2) is 5.61. The molecule has 0 spiro atoms. The first-order valence-electron chi connectivity index (χ1n) is 6.61. The predicted octanol–water partition coefficient (Wildman–Crippen LogP) is 2.55. The van der Waals surface area contributed by atoms with Crippen LogP contribution in [0.3, 0.4) is 0 Å². The number of halogens is 1. The summed E-state index contributed by atoms with van der Waals surface area (Å²) in [6.45, 7) is 7.68. The molecular formula is C15H21ClN2O. The predicted molar refractivity (Wildman–Crippen MR) is 78.9 cm³/mol. The molecule has 1 aromatic carbocycles. The third kappa shape index (κ3) is 3.35. The van der Waals surface area contributed by atoms with E-state index in [1.165, 1.54) is 0 Å². The summed E-state index contributed by atoms with van der Waals surface area (Å²) in [5, 5.41) is 0.542. The highest BCUT2D eigenvalue weighted by atomic mass is 35.5. The van der Waals surface area contributed by atoms with Gasteiger partial charge in [-0.25, -0.2) is 0 Å². The highest BCUT2D eigenvalue weighted by molar-refractivity contribution is 6.34. The van der Waals surface area contributed by atoms with Gasteiger partial charge in [0, 0.05) is 30.7 Å². The summed E-state index contributed by atoms with van der Waals surface area (Å²) < 4.78 is 0. The van der Waals surface area contributed by atoms with Crippen molar-refractivity contribution < 1.29 is 4.79 Å². The maximum Gasteiger partial charge on any atom is 0.178 e.